The lowest BCUT2D eigenvalue weighted by molar-refractivity contribution is 0.0624. The van der Waals surface area contributed by atoms with Gasteiger partial charge >= 0.3 is 0 Å². The fourth-order valence-corrected chi connectivity index (χ4v) is 69.0. The minimum Gasteiger partial charge on any atom is -0.496 e. The molecule has 2 aliphatic carbocycles. The summed E-state index contributed by atoms with van der Waals surface area (Å²) >= 11 is 5.12. The summed E-state index contributed by atoms with van der Waals surface area (Å²) in [5, 5.41) is 16.5. The minimum absolute atomic E-state index is 0.101. The van der Waals surface area contributed by atoms with Crippen LogP contribution in [-0.4, -0.2) is 35.5 Å². The second-order valence-electron chi connectivity index (χ2n) is 36.7. The lowest BCUT2D eigenvalue weighted by atomic mass is 9.69. The van der Waals surface area contributed by atoms with Crippen LogP contribution in [-0.2, 0) is 17.4 Å². The molecule has 0 fully saturated rings. The number of carbonyl (C=O) groups excluding carboxylic acids is 2. The molecule has 129 heavy (non-hydrogen) atoms. The quantitative estimate of drug-likeness (QED) is 0.0179. The molecule has 0 saturated carbocycles. The Labute approximate surface area is 820 Å². The standard InChI is InChI=1S/C106H135NO4S3.H10P8.H9P7/c1-10-16-21-25-29-33-37-43-64-105(65-44-38-34-30-26-22-17-11-2)87-68-74(7)50-56-81(87)83-58-53-78(70-89(83)105)95-85-48-41-42-49-86(85)96(98-91(111-9)60-55-80(73-108)97(95)98)79-54-59-84-82-57-52-77(69-88(82)106(90(84)71-79,66-45-39-35-31-27-23-18-12-3)67-46-40-36-32-28-24-19-13-4)92-62-63-94(113-92)102-100-99(101(114-102)93-61-51-75(8)112-93)103(109)107(104(100)110)72-76(15-6)47-20-14-5;1-6(2)8(5)7(3)4;1-5-7(4)6(2)3/h41-42,48-63,68-71,76,108H,10-40,43-47,64-67,72-73H2,1-9H3;1-5H2;5H,1-4H2. The number of ether oxygens (including phenoxy) is 1. The van der Waals surface area contributed by atoms with Gasteiger partial charge in [-0.3, -0.25) is 14.5 Å². The maximum absolute atomic E-state index is 15.0. The predicted octanol–water partition coefficient (Wildman–Crippen LogP) is 40.9. The molecule has 23 heteroatoms. The van der Waals surface area contributed by atoms with E-state index in [-0.39, 0.29) is 70.1 Å². The van der Waals surface area contributed by atoms with E-state index in [2.05, 4.69) is 269 Å². The number of benzene rings is 7. The van der Waals surface area contributed by atoms with Crippen molar-refractivity contribution in [1.82, 2.24) is 4.90 Å². The first-order valence-electron chi connectivity index (χ1n) is 49.0. The average molecular weight is 2070 g/mol. The molecular formula is C106H154NO4P15S3. The summed E-state index contributed by atoms with van der Waals surface area (Å²) in [5.41, 5.74) is 20.5. The molecule has 1 N–H and O–H groups in total. The van der Waals surface area contributed by atoms with E-state index in [1.807, 2.05) is 7.11 Å². The van der Waals surface area contributed by atoms with Gasteiger partial charge in [-0.05, 0) is 224 Å². The van der Waals surface area contributed by atoms with E-state index >= 15 is 4.79 Å². The van der Waals surface area contributed by atoms with Crippen molar-refractivity contribution in [2.45, 2.75) is 330 Å². The first-order chi connectivity index (χ1) is 62.6. The molecule has 13 rings (SSSR count). The van der Waals surface area contributed by atoms with Gasteiger partial charge in [0.15, 0.2) is 0 Å². The van der Waals surface area contributed by atoms with Crippen LogP contribution in [0.5, 0.6) is 5.75 Å². The van der Waals surface area contributed by atoms with Gasteiger partial charge in [-0.15, -0.1) is 114 Å². The average Bonchev–Trinajstić information content (AvgIpc) is 1.63. The van der Waals surface area contributed by atoms with Gasteiger partial charge in [-0.1, -0.05) is 365 Å². The molecule has 10 aromatic rings. The molecule has 3 aliphatic rings. The van der Waals surface area contributed by atoms with E-state index in [1.165, 1.54) is 285 Å². The van der Waals surface area contributed by atoms with E-state index < -0.39 is 0 Å². The molecule has 0 spiro atoms. The van der Waals surface area contributed by atoms with Gasteiger partial charge in [-0.25, -0.2) is 0 Å². The number of thiophene rings is 3. The number of aryl methyl sites for hydroxylation is 2. The molecule has 3 aromatic heterocycles. The van der Waals surface area contributed by atoms with Crippen LogP contribution in [0.4, 0.5) is 0 Å². The van der Waals surface area contributed by atoms with Crippen molar-refractivity contribution in [2.75, 3.05) is 13.7 Å². The number of carbonyl (C=O) groups is 2. The molecule has 4 heterocycles. The van der Waals surface area contributed by atoms with E-state index in [1.54, 1.807) is 44.5 Å². The number of unbranched alkanes of at least 4 members (excludes halogenated alkanes) is 29. The summed E-state index contributed by atoms with van der Waals surface area (Å²) in [5.74, 6) is 0.836. The molecule has 1 aliphatic heterocycles. The van der Waals surface area contributed by atoms with Gasteiger partial charge in [0.1, 0.15) is 5.75 Å². The molecule has 5 nitrogen and oxygen atoms in total. The smallest absolute Gasteiger partial charge is 0.263 e. The van der Waals surface area contributed by atoms with Crippen molar-refractivity contribution < 1.29 is 19.4 Å². The van der Waals surface area contributed by atoms with Crippen molar-refractivity contribution >= 4 is 191 Å². The van der Waals surface area contributed by atoms with Gasteiger partial charge in [0.2, 0.25) is 0 Å². The molecule has 0 saturated heterocycles. The van der Waals surface area contributed by atoms with Crippen LogP contribution in [0.25, 0.3) is 96.0 Å². The number of hydrogen-bond donors (Lipinski definition) is 1. The van der Waals surface area contributed by atoms with E-state index in [0.29, 0.717) is 17.7 Å². The highest BCUT2D eigenvalue weighted by Gasteiger charge is 2.47. The Morgan fingerprint density at radius 3 is 1.18 bits per heavy atom. The maximum Gasteiger partial charge on any atom is 0.263 e. The zero-order valence-corrected chi connectivity index (χ0v) is 97.6. The monoisotopic (exact) mass is 2070 g/mol. The number of aliphatic hydroxyl groups excluding tert-OH is 1. The van der Waals surface area contributed by atoms with Crippen molar-refractivity contribution in [3.05, 3.63) is 183 Å². The number of nitrogens with zero attached hydrogens (tertiary/aromatic N) is 1. The minimum atomic E-state index is -0.268. The van der Waals surface area contributed by atoms with E-state index in [4.69, 9.17) is 4.74 Å². The Hall–Kier alpha value is -0.490. The molecule has 0 bridgehead atoms. The highest BCUT2D eigenvalue weighted by molar-refractivity contribution is 9.06. The van der Waals surface area contributed by atoms with Crippen molar-refractivity contribution in [2.24, 2.45) is 5.92 Å². The maximum atomic E-state index is 15.0. The van der Waals surface area contributed by atoms with Crippen molar-refractivity contribution in [3.8, 4) is 80.2 Å². The molecule has 12 atom stereocenters. The third-order valence-corrected chi connectivity index (χ3v) is 99.7. The largest absolute Gasteiger partial charge is 0.496 e. The number of imide groups is 1. The molecule has 12 unspecified atom stereocenters. The number of methoxy groups -OCH3 is 1. The van der Waals surface area contributed by atoms with E-state index in [9.17, 15) is 9.90 Å². The third kappa shape index (κ3) is 27.7. The van der Waals surface area contributed by atoms with Crippen LogP contribution < -0.4 is 4.74 Å². The van der Waals surface area contributed by atoms with Gasteiger partial charge < -0.3 is 9.84 Å². The lowest BCUT2D eigenvalue weighted by Crippen LogP contribution is -2.34. The Kier molecular flexibility index (Phi) is 47.0. The van der Waals surface area contributed by atoms with Crippen LogP contribution in [0.1, 0.15) is 357 Å². The normalized spacial score (nSPS) is 14.1. The summed E-state index contributed by atoms with van der Waals surface area (Å²) < 4.78 is 6.73. The van der Waals surface area contributed by atoms with Gasteiger partial charge in [-0.2, -0.15) is 0 Å². The first-order valence-corrected chi connectivity index (χ1v) is 76.9. The lowest BCUT2D eigenvalue weighted by Gasteiger charge is -2.34. The Morgan fingerprint density at radius 2 is 0.798 bits per heavy atom. The molecular weight excluding hydrogens is 1910 g/mol. The topological polar surface area (TPSA) is 66.8 Å². The second-order valence-corrected chi connectivity index (χ2v) is 90.4. The molecule has 0 radical (unpaired) electrons. The Bertz CT molecular complexity index is 5180. The van der Waals surface area contributed by atoms with Crippen LogP contribution in [0.3, 0.4) is 0 Å². The first kappa shape index (κ1) is 109. The highest BCUT2D eigenvalue weighted by atomic mass is 33.1. The van der Waals surface area contributed by atoms with Crippen molar-refractivity contribution in [1.29, 1.82) is 0 Å². The fraction of sp³-hybridized carbons (Fsp3) is 0.509. The van der Waals surface area contributed by atoms with Gasteiger partial charge in [0.05, 0.1) is 34.6 Å². The SMILES string of the molecule is CCCCCCCCCCC1(CCCCCCCCCC)c2cc(C)ccc2-c2ccc(-c3c4ccccc4c(-c4ccc5c(c4)C(CCCCCCCCCC)(CCCCCCCCCC)c4cc(-c6ccc(-c7sc(-c8ccc(C)s8)c8c7C(=O)N(CC(CC)CCCC)C8=O)s6)ccc4-5)c4c(OC)ccc(CO)c34)cc21.PP(P)P(P)P(P)P.PPP(P)P(P)P. The number of fused-ring (bicyclic) bond motifs is 9. The van der Waals surface area contributed by atoms with Crippen molar-refractivity contribution in [3.63, 3.8) is 0 Å². The number of hydrogen-bond acceptors (Lipinski definition) is 7. The summed E-state index contributed by atoms with van der Waals surface area (Å²) in [4.78, 5) is 37.8. The molecule has 700 valence electrons. The molecule has 7 aromatic carbocycles. The van der Waals surface area contributed by atoms with Crippen LogP contribution >= 0.6 is 157 Å². The number of amides is 2. The Morgan fingerprint density at radius 1 is 0.411 bits per heavy atom. The number of aliphatic hydroxyl groups is 1. The summed E-state index contributed by atoms with van der Waals surface area (Å²) in [6.07, 6.45) is 49.7. The summed E-state index contributed by atoms with van der Waals surface area (Å²) in [7, 11) is 28.7. The highest BCUT2D eigenvalue weighted by Crippen LogP contribution is 3.00. The van der Waals surface area contributed by atoms with Crippen LogP contribution in [0.15, 0.2) is 133 Å². The zero-order valence-electron chi connectivity index (χ0n) is 79.3. The van der Waals surface area contributed by atoms with Gasteiger partial charge in [0, 0.05) is 47.8 Å². The summed E-state index contributed by atoms with van der Waals surface area (Å²) in [6.45, 7) is 19.5. The summed E-state index contributed by atoms with van der Waals surface area (Å²) in [6, 6.07) is 52.3. The Balaban J connectivity index is 0.000000985. The third-order valence-electron chi connectivity index (χ3n) is 27.6. The number of rotatable bonds is 53. The predicted molar refractivity (Wildman–Crippen MR) is 625 cm³/mol. The fourth-order valence-electron chi connectivity index (χ4n) is 20.6. The van der Waals surface area contributed by atoms with Crippen LogP contribution in [0, 0.1) is 19.8 Å². The second kappa shape index (κ2) is 55.6. The van der Waals surface area contributed by atoms with Gasteiger partial charge in [0.25, 0.3) is 11.8 Å². The van der Waals surface area contributed by atoms with Crippen LogP contribution in [0.2, 0.25) is 0 Å². The zero-order chi connectivity index (χ0) is 92.2. The van der Waals surface area contributed by atoms with E-state index in [0.717, 1.165) is 114 Å². The molecule has 2 amide bonds.